The standard InChI is InChI=1S/C22H25ClN4O4/c1-15-3-2-4-16(13-15)22(30)27-12-11-26(21(27)20(29)25-10-9-24)19(28)14-31-18-7-5-17(23)6-8-18/h2-8,13,21H,9-12,14,24H2,1H3,(H,25,29). The Hall–Kier alpha value is -3.10. The Kier molecular flexibility index (Phi) is 7.49. The molecule has 8 nitrogen and oxygen atoms in total. The molecule has 0 aliphatic carbocycles. The molecule has 2 aromatic rings. The summed E-state index contributed by atoms with van der Waals surface area (Å²) in [6.07, 6.45) is -1.07. The van der Waals surface area contributed by atoms with Crippen molar-refractivity contribution in [3.63, 3.8) is 0 Å². The number of nitrogens with two attached hydrogens (primary N) is 1. The van der Waals surface area contributed by atoms with E-state index in [9.17, 15) is 14.4 Å². The maximum absolute atomic E-state index is 13.1. The third kappa shape index (κ3) is 5.53. The number of ether oxygens (including phenoxy) is 1. The Bertz CT molecular complexity index is 951. The number of hydrogen-bond acceptors (Lipinski definition) is 5. The summed E-state index contributed by atoms with van der Waals surface area (Å²) in [5.41, 5.74) is 6.88. The zero-order valence-corrected chi connectivity index (χ0v) is 18.0. The molecule has 3 rings (SSSR count). The number of benzene rings is 2. The third-order valence-electron chi connectivity index (χ3n) is 4.87. The monoisotopic (exact) mass is 444 g/mol. The Morgan fingerprint density at radius 3 is 2.52 bits per heavy atom. The van der Waals surface area contributed by atoms with E-state index in [1.807, 2.05) is 13.0 Å². The second-order valence-electron chi connectivity index (χ2n) is 7.15. The molecule has 1 aliphatic heterocycles. The van der Waals surface area contributed by atoms with Gasteiger partial charge in [0.15, 0.2) is 12.8 Å². The quantitative estimate of drug-likeness (QED) is 0.671. The van der Waals surface area contributed by atoms with E-state index < -0.39 is 18.0 Å². The lowest BCUT2D eigenvalue weighted by molar-refractivity contribution is -0.142. The van der Waals surface area contributed by atoms with Crippen LogP contribution in [0.15, 0.2) is 48.5 Å². The zero-order chi connectivity index (χ0) is 22.4. The number of carbonyl (C=O) groups excluding carboxylic acids is 3. The summed E-state index contributed by atoms with van der Waals surface area (Å²) in [7, 11) is 0. The Morgan fingerprint density at radius 2 is 1.84 bits per heavy atom. The first kappa shape index (κ1) is 22.6. The molecule has 0 bridgehead atoms. The first-order valence-electron chi connectivity index (χ1n) is 9.94. The van der Waals surface area contributed by atoms with Gasteiger partial charge in [-0.1, -0.05) is 29.3 Å². The van der Waals surface area contributed by atoms with Crippen LogP contribution in [-0.4, -0.2) is 66.5 Å². The molecule has 31 heavy (non-hydrogen) atoms. The Labute approximate surface area is 185 Å². The number of nitrogens with zero attached hydrogens (tertiary/aromatic N) is 2. The van der Waals surface area contributed by atoms with Crippen LogP contribution in [-0.2, 0) is 9.59 Å². The SMILES string of the molecule is Cc1cccc(C(=O)N2CCN(C(=O)COc3ccc(Cl)cc3)C2C(=O)NCCN)c1. The van der Waals surface area contributed by atoms with Crippen LogP contribution in [0.25, 0.3) is 0 Å². The molecule has 0 saturated carbocycles. The van der Waals surface area contributed by atoms with Gasteiger partial charge in [-0.3, -0.25) is 14.4 Å². The van der Waals surface area contributed by atoms with E-state index in [0.29, 0.717) is 16.3 Å². The van der Waals surface area contributed by atoms with Gasteiger partial charge in [0.25, 0.3) is 17.7 Å². The summed E-state index contributed by atoms with van der Waals surface area (Å²) >= 11 is 5.86. The number of halogens is 1. The molecule has 1 heterocycles. The second kappa shape index (κ2) is 10.3. The fourth-order valence-electron chi connectivity index (χ4n) is 3.37. The Morgan fingerprint density at radius 1 is 1.13 bits per heavy atom. The second-order valence-corrected chi connectivity index (χ2v) is 7.59. The van der Waals surface area contributed by atoms with Gasteiger partial charge in [0.2, 0.25) is 0 Å². The fourth-order valence-corrected chi connectivity index (χ4v) is 3.50. The number of rotatable bonds is 7. The van der Waals surface area contributed by atoms with Crippen molar-refractivity contribution in [3.8, 4) is 5.75 Å². The molecule has 0 spiro atoms. The number of amides is 3. The summed E-state index contributed by atoms with van der Waals surface area (Å²) in [6, 6.07) is 13.7. The van der Waals surface area contributed by atoms with Crippen molar-refractivity contribution in [2.75, 3.05) is 32.8 Å². The number of hydrogen-bond donors (Lipinski definition) is 2. The molecule has 0 aromatic heterocycles. The molecule has 1 atom stereocenters. The highest BCUT2D eigenvalue weighted by atomic mass is 35.5. The van der Waals surface area contributed by atoms with Gasteiger partial charge in [-0.05, 0) is 43.3 Å². The molecule has 9 heteroatoms. The van der Waals surface area contributed by atoms with Gasteiger partial charge in [0, 0.05) is 36.8 Å². The van der Waals surface area contributed by atoms with E-state index in [1.54, 1.807) is 42.5 Å². The normalized spacial score (nSPS) is 15.6. The predicted molar refractivity (Wildman–Crippen MR) is 117 cm³/mol. The lowest BCUT2D eigenvalue weighted by Crippen LogP contribution is -2.55. The average Bonchev–Trinajstić information content (AvgIpc) is 3.21. The van der Waals surface area contributed by atoms with E-state index in [2.05, 4.69) is 5.32 Å². The largest absolute Gasteiger partial charge is 0.484 e. The first-order valence-corrected chi connectivity index (χ1v) is 10.3. The van der Waals surface area contributed by atoms with Gasteiger partial charge < -0.3 is 25.6 Å². The zero-order valence-electron chi connectivity index (χ0n) is 17.2. The fraction of sp³-hybridized carbons (Fsp3) is 0.318. The van der Waals surface area contributed by atoms with E-state index in [1.165, 1.54) is 9.80 Å². The molecule has 2 aromatic carbocycles. The minimum atomic E-state index is -1.07. The smallest absolute Gasteiger partial charge is 0.263 e. The van der Waals surface area contributed by atoms with E-state index in [4.69, 9.17) is 22.1 Å². The van der Waals surface area contributed by atoms with Crippen molar-refractivity contribution < 1.29 is 19.1 Å². The van der Waals surface area contributed by atoms with Crippen molar-refractivity contribution in [2.45, 2.75) is 13.1 Å². The maximum atomic E-state index is 13.1. The van der Waals surface area contributed by atoms with E-state index >= 15 is 0 Å². The van der Waals surface area contributed by atoms with Crippen molar-refractivity contribution in [1.29, 1.82) is 0 Å². The number of carbonyl (C=O) groups is 3. The lowest BCUT2D eigenvalue weighted by atomic mass is 10.1. The van der Waals surface area contributed by atoms with Crippen molar-refractivity contribution in [1.82, 2.24) is 15.1 Å². The van der Waals surface area contributed by atoms with Crippen LogP contribution in [0.5, 0.6) is 5.75 Å². The van der Waals surface area contributed by atoms with Gasteiger partial charge in [-0.2, -0.15) is 0 Å². The first-order chi connectivity index (χ1) is 14.9. The average molecular weight is 445 g/mol. The number of aryl methyl sites for hydroxylation is 1. The molecule has 164 valence electrons. The predicted octanol–water partition coefficient (Wildman–Crippen LogP) is 1.41. The topological polar surface area (TPSA) is 105 Å². The molecular formula is C22H25ClN4O4. The highest BCUT2D eigenvalue weighted by Crippen LogP contribution is 2.20. The lowest BCUT2D eigenvalue weighted by Gasteiger charge is -2.29. The van der Waals surface area contributed by atoms with Crippen LogP contribution in [0.4, 0.5) is 0 Å². The van der Waals surface area contributed by atoms with Gasteiger partial charge in [0.1, 0.15) is 5.75 Å². The molecule has 1 aliphatic rings. The summed E-state index contributed by atoms with van der Waals surface area (Å²) < 4.78 is 5.54. The summed E-state index contributed by atoms with van der Waals surface area (Å²) in [5, 5.41) is 3.24. The van der Waals surface area contributed by atoms with Gasteiger partial charge in [0.05, 0.1) is 0 Å². The Balaban J connectivity index is 1.76. The molecule has 3 N–H and O–H groups in total. The third-order valence-corrected chi connectivity index (χ3v) is 5.12. The molecule has 1 fully saturated rings. The minimum Gasteiger partial charge on any atom is -0.484 e. The highest BCUT2D eigenvalue weighted by Gasteiger charge is 2.42. The summed E-state index contributed by atoms with van der Waals surface area (Å²) in [5.74, 6) is -0.689. The van der Waals surface area contributed by atoms with Crippen molar-refractivity contribution >= 4 is 29.3 Å². The van der Waals surface area contributed by atoms with Crippen LogP contribution >= 0.6 is 11.6 Å². The van der Waals surface area contributed by atoms with Gasteiger partial charge in [-0.15, -0.1) is 0 Å². The molecular weight excluding hydrogens is 420 g/mol. The number of nitrogens with one attached hydrogen (secondary N) is 1. The summed E-state index contributed by atoms with van der Waals surface area (Å²) in [6.45, 7) is 2.56. The molecule has 0 radical (unpaired) electrons. The maximum Gasteiger partial charge on any atom is 0.263 e. The van der Waals surface area contributed by atoms with E-state index in [-0.39, 0.29) is 38.7 Å². The molecule has 1 unspecified atom stereocenters. The van der Waals surface area contributed by atoms with Crippen LogP contribution in [0.2, 0.25) is 5.02 Å². The van der Waals surface area contributed by atoms with Crippen LogP contribution in [0.3, 0.4) is 0 Å². The van der Waals surface area contributed by atoms with Gasteiger partial charge >= 0.3 is 0 Å². The van der Waals surface area contributed by atoms with Crippen molar-refractivity contribution in [2.24, 2.45) is 5.73 Å². The molecule has 3 amide bonds. The highest BCUT2D eigenvalue weighted by molar-refractivity contribution is 6.30. The van der Waals surface area contributed by atoms with Gasteiger partial charge in [-0.25, -0.2) is 0 Å². The minimum absolute atomic E-state index is 0.223. The van der Waals surface area contributed by atoms with Crippen LogP contribution < -0.4 is 15.8 Å². The van der Waals surface area contributed by atoms with Crippen LogP contribution in [0, 0.1) is 6.92 Å². The van der Waals surface area contributed by atoms with E-state index in [0.717, 1.165) is 5.56 Å². The summed E-state index contributed by atoms with van der Waals surface area (Å²) in [4.78, 5) is 41.6. The molecule has 1 saturated heterocycles. The van der Waals surface area contributed by atoms with Crippen molar-refractivity contribution in [3.05, 3.63) is 64.7 Å². The van der Waals surface area contributed by atoms with Crippen LogP contribution in [0.1, 0.15) is 15.9 Å².